The molecule has 3 heterocycles. The van der Waals surface area contributed by atoms with E-state index in [-0.39, 0.29) is 26.8 Å². The molecule has 4 nitrogen and oxygen atoms in total. The second-order valence-corrected chi connectivity index (χ2v) is 10.8. The first-order valence-electron chi connectivity index (χ1n) is 14.6. The Kier molecular flexibility index (Phi) is 7.59. The van der Waals surface area contributed by atoms with Crippen molar-refractivity contribution in [1.29, 1.82) is 0 Å². The summed E-state index contributed by atoms with van der Waals surface area (Å²) in [6, 6.07) is 52.5. The third kappa shape index (κ3) is 5.24. The summed E-state index contributed by atoms with van der Waals surface area (Å²) >= 11 is 0. The smallest absolute Gasteiger partial charge is 0.129 e. The number of imidazole rings is 1. The van der Waals surface area contributed by atoms with Gasteiger partial charge in [0, 0.05) is 49.9 Å². The number of nitrogens with zero attached hydrogens (tertiary/aromatic N) is 3. The van der Waals surface area contributed by atoms with Gasteiger partial charge in [0.1, 0.15) is 11.4 Å². The van der Waals surface area contributed by atoms with E-state index in [1.54, 1.807) is 6.07 Å². The molecule has 0 atom stereocenters. The van der Waals surface area contributed by atoms with Crippen molar-refractivity contribution in [3.63, 3.8) is 0 Å². The summed E-state index contributed by atoms with van der Waals surface area (Å²) < 4.78 is 2.14. The molecule has 5 heteroatoms. The Morgan fingerprint density at radius 1 is 0.578 bits per heavy atom. The number of rotatable bonds is 5. The van der Waals surface area contributed by atoms with Crippen LogP contribution in [0.1, 0.15) is 0 Å². The normalized spacial score (nSPS) is 11.0. The van der Waals surface area contributed by atoms with E-state index in [9.17, 15) is 5.11 Å². The summed E-state index contributed by atoms with van der Waals surface area (Å²) in [5.74, 6) is 0.191. The number of pyridine rings is 2. The number of phenolic OH excluding ortho intramolecular Hbond substituents is 1. The van der Waals surface area contributed by atoms with Crippen LogP contribution < -0.4 is 0 Å². The SMILES string of the molecule is Oc1ccccc1-c1cc(-c2ccccc2)cc(-c2[c-]c(-c3nc4ccccn4c3-c3ccccc3)cc3ccccc23)n1.[Pt]. The fourth-order valence-electron chi connectivity index (χ4n) is 5.91. The maximum Gasteiger partial charge on any atom is 0.129 e. The van der Waals surface area contributed by atoms with Crippen molar-refractivity contribution in [2.45, 2.75) is 0 Å². The molecule has 45 heavy (non-hydrogen) atoms. The second-order valence-electron chi connectivity index (χ2n) is 10.8. The van der Waals surface area contributed by atoms with Crippen LogP contribution in [0.15, 0.2) is 152 Å². The van der Waals surface area contributed by atoms with E-state index in [0.29, 0.717) is 11.3 Å². The van der Waals surface area contributed by atoms with E-state index in [1.807, 2.05) is 72.8 Å². The maximum atomic E-state index is 10.8. The van der Waals surface area contributed by atoms with Gasteiger partial charge in [-0.25, -0.2) is 0 Å². The Morgan fingerprint density at radius 3 is 2.04 bits per heavy atom. The topological polar surface area (TPSA) is 50.4 Å². The number of para-hydroxylation sites is 1. The molecule has 3 aromatic heterocycles. The Morgan fingerprint density at radius 2 is 1.24 bits per heavy atom. The third-order valence-electron chi connectivity index (χ3n) is 7.99. The van der Waals surface area contributed by atoms with Crippen molar-refractivity contribution in [2.75, 3.05) is 0 Å². The minimum atomic E-state index is 0. The van der Waals surface area contributed by atoms with Gasteiger partial charge < -0.3 is 9.51 Å². The molecule has 8 rings (SSSR count). The van der Waals surface area contributed by atoms with Crippen molar-refractivity contribution >= 4 is 16.4 Å². The van der Waals surface area contributed by atoms with Crippen LogP contribution in [0.4, 0.5) is 0 Å². The van der Waals surface area contributed by atoms with E-state index in [0.717, 1.165) is 61.3 Å². The summed E-state index contributed by atoms with van der Waals surface area (Å²) in [5, 5.41) is 12.9. The van der Waals surface area contributed by atoms with Gasteiger partial charge in [-0.05, 0) is 47.0 Å². The summed E-state index contributed by atoms with van der Waals surface area (Å²) in [4.78, 5) is 10.3. The number of fused-ring (bicyclic) bond motifs is 2. The predicted molar refractivity (Wildman–Crippen MR) is 178 cm³/mol. The molecule has 0 radical (unpaired) electrons. The number of hydrogen-bond donors (Lipinski definition) is 1. The molecule has 0 saturated carbocycles. The number of aromatic hydroxyl groups is 1. The number of benzene rings is 5. The molecule has 0 amide bonds. The largest absolute Gasteiger partial charge is 0.507 e. The molecular formula is C40H26N3OPt-. The minimum Gasteiger partial charge on any atom is -0.507 e. The van der Waals surface area contributed by atoms with Crippen molar-refractivity contribution < 1.29 is 26.2 Å². The van der Waals surface area contributed by atoms with E-state index in [1.165, 1.54) is 0 Å². The van der Waals surface area contributed by atoms with Crippen molar-refractivity contribution in [3.05, 3.63) is 158 Å². The minimum absolute atomic E-state index is 0. The molecule has 218 valence electrons. The molecule has 0 spiro atoms. The molecule has 0 aliphatic carbocycles. The van der Waals surface area contributed by atoms with Gasteiger partial charge in [0.15, 0.2) is 0 Å². The fourth-order valence-corrected chi connectivity index (χ4v) is 5.91. The molecule has 5 aromatic carbocycles. The van der Waals surface area contributed by atoms with Gasteiger partial charge in [-0.1, -0.05) is 131 Å². The zero-order valence-electron chi connectivity index (χ0n) is 24.0. The van der Waals surface area contributed by atoms with Gasteiger partial charge in [0.05, 0.1) is 5.69 Å². The molecular weight excluding hydrogens is 734 g/mol. The standard InChI is InChI=1S/C40H26N3O.Pt/c44-37-20-10-9-19-33(37)35-25-30(27-13-3-1-4-14-27)26-36(41-35)34-24-31(23-29-17-7-8-18-32(29)34)39-40(28-15-5-2-6-16-28)43-22-12-11-21-38(43)42-39;/h1-23,25-26,44H;/q-1;. The maximum absolute atomic E-state index is 10.8. The first-order chi connectivity index (χ1) is 21.7. The quantitative estimate of drug-likeness (QED) is 0.178. The molecule has 0 fully saturated rings. The van der Waals surface area contributed by atoms with E-state index in [4.69, 9.17) is 9.97 Å². The first-order valence-corrected chi connectivity index (χ1v) is 14.6. The van der Waals surface area contributed by atoms with Crippen LogP contribution in [-0.4, -0.2) is 19.5 Å². The number of aromatic nitrogens is 3. The van der Waals surface area contributed by atoms with Gasteiger partial charge in [-0.3, -0.25) is 9.97 Å². The summed E-state index contributed by atoms with van der Waals surface area (Å²) in [6.45, 7) is 0. The average Bonchev–Trinajstić information content (AvgIpc) is 3.48. The summed E-state index contributed by atoms with van der Waals surface area (Å²) in [7, 11) is 0. The van der Waals surface area contributed by atoms with Crippen LogP contribution in [0, 0.1) is 6.07 Å². The summed E-state index contributed by atoms with van der Waals surface area (Å²) in [5.41, 5.74) is 9.81. The number of hydrogen-bond acceptors (Lipinski definition) is 3. The van der Waals surface area contributed by atoms with Gasteiger partial charge >= 0.3 is 0 Å². The van der Waals surface area contributed by atoms with Crippen LogP contribution in [0.25, 0.3) is 72.6 Å². The molecule has 0 unspecified atom stereocenters. The molecule has 0 aliphatic rings. The predicted octanol–water partition coefficient (Wildman–Crippen LogP) is 9.72. The average molecular weight is 760 g/mol. The molecule has 0 aliphatic heterocycles. The molecule has 0 saturated heterocycles. The van der Waals surface area contributed by atoms with Gasteiger partial charge in [0.25, 0.3) is 0 Å². The van der Waals surface area contributed by atoms with Crippen molar-refractivity contribution in [2.24, 2.45) is 0 Å². The van der Waals surface area contributed by atoms with Crippen LogP contribution in [0.5, 0.6) is 5.75 Å². The Labute approximate surface area is 275 Å². The Hall–Kier alpha value is -5.31. The van der Waals surface area contributed by atoms with Crippen molar-refractivity contribution in [3.8, 4) is 61.9 Å². The first kappa shape index (κ1) is 28.5. The van der Waals surface area contributed by atoms with E-state index >= 15 is 0 Å². The van der Waals surface area contributed by atoms with Crippen LogP contribution >= 0.6 is 0 Å². The molecule has 8 aromatic rings. The Balaban J connectivity index is 0.00000325. The van der Waals surface area contributed by atoms with Gasteiger partial charge in [0.2, 0.25) is 0 Å². The van der Waals surface area contributed by atoms with Crippen molar-refractivity contribution in [1.82, 2.24) is 14.4 Å². The molecule has 1 N–H and O–H groups in total. The summed E-state index contributed by atoms with van der Waals surface area (Å²) in [6.07, 6.45) is 2.06. The van der Waals surface area contributed by atoms with Crippen LogP contribution in [-0.2, 0) is 21.1 Å². The fraction of sp³-hybridized carbons (Fsp3) is 0. The van der Waals surface area contributed by atoms with Gasteiger partial charge in [-0.15, -0.1) is 12.1 Å². The third-order valence-corrected chi connectivity index (χ3v) is 7.99. The second kappa shape index (κ2) is 12.0. The van der Waals surface area contributed by atoms with Gasteiger partial charge in [-0.2, -0.15) is 0 Å². The van der Waals surface area contributed by atoms with Crippen LogP contribution in [0.3, 0.4) is 0 Å². The zero-order chi connectivity index (χ0) is 29.5. The van der Waals surface area contributed by atoms with E-state index < -0.39 is 0 Å². The molecule has 0 bridgehead atoms. The Bertz CT molecular complexity index is 2300. The van der Waals surface area contributed by atoms with Crippen LogP contribution in [0.2, 0.25) is 0 Å². The zero-order valence-corrected chi connectivity index (χ0v) is 26.3. The number of phenols is 1. The van der Waals surface area contributed by atoms with E-state index in [2.05, 4.69) is 83.4 Å². The monoisotopic (exact) mass is 759 g/mol.